The molecule has 10 nitrogen and oxygen atoms in total. The first-order valence-corrected chi connectivity index (χ1v) is 14.0. The van der Waals surface area contributed by atoms with E-state index in [4.69, 9.17) is 9.47 Å². The van der Waals surface area contributed by atoms with Gasteiger partial charge in [-0.3, -0.25) is 14.2 Å². The van der Waals surface area contributed by atoms with E-state index in [0.717, 1.165) is 21.5 Å². The number of hydrogen-bond donors (Lipinski definition) is 2. The molecule has 2 heterocycles. The molecule has 2 N–H and O–H groups in total. The first kappa shape index (κ1) is 27.2. The zero-order chi connectivity index (χ0) is 28.1. The lowest BCUT2D eigenvalue weighted by Crippen LogP contribution is -2.24. The highest BCUT2D eigenvalue weighted by molar-refractivity contribution is 7.99. The molecule has 2 aromatic heterocycles. The number of aryl methyl sites for hydroxylation is 1. The molecule has 2 amide bonds. The molecule has 40 heavy (non-hydrogen) atoms. The number of amides is 2. The van der Waals surface area contributed by atoms with Gasteiger partial charge in [-0.2, -0.15) is 0 Å². The van der Waals surface area contributed by atoms with Gasteiger partial charge in [0.05, 0.1) is 36.7 Å². The number of rotatable bonds is 10. The van der Waals surface area contributed by atoms with Gasteiger partial charge >= 0.3 is 0 Å². The third kappa shape index (κ3) is 6.08. The lowest BCUT2D eigenvalue weighted by Gasteiger charge is -2.12. The van der Waals surface area contributed by atoms with Crippen molar-refractivity contribution in [2.75, 3.05) is 25.3 Å². The zero-order valence-corrected chi connectivity index (χ0v) is 23.6. The van der Waals surface area contributed by atoms with Crippen LogP contribution < -0.4 is 20.1 Å². The summed E-state index contributed by atoms with van der Waals surface area (Å²) in [6.45, 7) is 2.11. The van der Waals surface area contributed by atoms with Crippen molar-refractivity contribution in [2.24, 2.45) is 0 Å². The maximum Gasteiger partial charge on any atom is 0.251 e. The number of nitrogens with one attached hydrogen (secondary N) is 2. The number of ether oxygens (including phenoxy) is 2. The summed E-state index contributed by atoms with van der Waals surface area (Å²) in [6, 6.07) is 20.5. The van der Waals surface area contributed by atoms with E-state index in [1.807, 2.05) is 60.0 Å². The van der Waals surface area contributed by atoms with Gasteiger partial charge in [-0.05, 0) is 55.0 Å². The maximum atomic E-state index is 12.9. The topological polar surface area (TPSA) is 120 Å². The maximum absolute atomic E-state index is 12.9. The number of carbonyl (C=O) groups excluding carboxylic acids is 2. The molecule has 0 aliphatic heterocycles. The van der Waals surface area contributed by atoms with Crippen molar-refractivity contribution in [3.63, 3.8) is 0 Å². The molecule has 0 aliphatic rings. The molecule has 0 fully saturated rings. The fraction of sp³-hybridized carbons (Fsp3) is 0.179. The highest BCUT2D eigenvalue weighted by Gasteiger charge is 2.18. The summed E-state index contributed by atoms with van der Waals surface area (Å²) in [5.41, 5.74) is 3.14. The standard InChI is InChI=1S/C28H26N6O4S2/c1-17-7-6-8-19(13-17)34-24(15-29-26(36)18-11-12-21(37-2)22(14-18)38-3)32-33-28(34)39-16-25(35)31-27-30-20-9-4-5-10-23(20)40-27/h4-14H,15-16H2,1-3H3,(H,29,36)(H,30,31,35). The van der Waals surface area contributed by atoms with Crippen LogP contribution in [0.4, 0.5) is 5.13 Å². The molecule has 0 aliphatic carbocycles. The number of methoxy groups -OCH3 is 2. The highest BCUT2D eigenvalue weighted by atomic mass is 32.2. The fourth-order valence-electron chi connectivity index (χ4n) is 3.98. The van der Waals surface area contributed by atoms with Crippen molar-refractivity contribution in [1.82, 2.24) is 25.1 Å². The van der Waals surface area contributed by atoms with Crippen LogP contribution in [0, 0.1) is 6.92 Å². The number of benzene rings is 3. The molecule has 0 unspecified atom stereocenters. The summed E-state index contributed by atoms with van der Waals surface area (Å²) in [5, 5.41) is 15.5. The molecule has 3 aromatic carbocycles. The van der Waals surface area contributed by atoms with Crippen LogP contribution in [0.25, 0.3) is 15.9 Å². The molecular weight excluding hydrogens is 548 g/mol. The van der Waals surface area contributed by atoms with Crippen LogP contribution >= 0.6 is 23.1 Å². The monoisotopic (exact) mass is 574 g/mol. The van der Waals surface area contributed by atoms with Crippen LogP contribution in [-0.2, 0) is 11.3 Å². The van der Waals surface area contributed by atoms with E-state index in [-0.39, 0.29) is 24.1 Å². The molecule has 0 saturated heterocycles. The Labute approximate surface area is 238 Å². The van der Waals surface area contributed by atoms with Gasteiger partial charge in [-0.25, -0.2) is 4.98 Å². The molecule has 0 radical (unpaired) electrons. The molecule has 5 rings (SSSR count). The van der Waals surface area contributed by atoms with Crippen LogP contribution in [0.15, 0.2) is 71.9 Å². The number of para-hydroxylation sites is 1. The summed E-state index contributed by atoms with van der Waals surface area (Å²) in [4.78, 5) is 30.1. The SMILES string of the molecule is COc1ccc(C(=O)NCc2nnc(SCC(=O)Nc3nc4ccccc4s3)n2-c2cccc(C)c2)cc1OC. The van der Waals surface area contributed by atoms with Crippen molar-refractivity contribution >= 4 is 50.3 Å². The van der Waals surface area contributed by atoms with E-state index in [1.165, 1.54) is 37.3 Å². The lowest BCUT2D eigenvalue weighted by atomic mass is 10.2. The Morgan fingerprint density at radius 1 is 0.975 bits per heavy atom. The van der Waals surface area contributed by atoms with Gasteiger partial charge in [-0.15, -0.1) is 10.2 Å². The number of carbonyl (C=O) groups is 2. The van der Waals surface area contributed by atoms with Gasteiger partial charge in [0, 0.05) is 11.3 Å². The number of aromatic nitrogens is 4. The molecule has 12 heteroatoms. The third-order valence-corrected chi connectivity index (χ3v) is 7.77. The molecule has 0 spiro atoms. The van der Waals surface area contributed by atoms with Gasteiger partial charge < -0.3 is 20.1 Å². The first-order chi connectivity index (χ1) is 19.4. The summed E-state index contributed by atoms with van der Waals surface area (Å²) < 4.78 is 13.4. The Morgan fingerprint density at radius 2 is 1.80 bits per heavy atom. The van der Waals surface area contributed by atoms with Crippen molar-refractivity contribution in [3.05, 3.63) is 83.7 Å². The average Bonchev–Trinajstić information content (AvgIpc) is 3.57. The summed E-state index contributed by atoms with van der Waals surface area (Å²) in [5.74, 6) is 1.12. The highest BCUT2D eigenvalue weighted by Crippen LogP contribution is 2.28. The fourth-order valence-corrected chi connectivity index (χ4v) is 5.64. The normalized spacial score (nSPS) is 10.9. The quantitative estimate of drug-likeness (QED) is 0.227. The molecule has 5 aromatic rings. The van der Waals surface area contributed by atoms with E-state index in [2.05, 4.69) is 25.8 Å². The van der Waals surface area contributed by atoms with Gasteiger partial charge in [0.15, 0.2) is 27.6 Å². The molecule has 204 valence electrons. The van der Waals surface area contributed by atoms with Crippen molar-refractivity contribution in [1.29, 1.82) is 0 Å². The van der Waals surface area contributed by atoms with Gasteiger partial charge in [-0.1, -0.05) is 47.4 Å². The van der Waals surface area contributed by atoms with E-state index >= 15 is 0 Å². The minimum Gasteiger partial charge on any atom is -0.493 e. The van der Waals surface area contributed by atoms with E-state index in [9.17, 15) is 9.59 Å². The predicted molar refractivity (Wildman–Crippen MR) is 156 cm³/mol. The Bertz CT molecular complexity index is 1650. The molecule has 0 saturated carbocycles. The molecule has 0 bridgehead atoms. The predicted octanol–water partition coefficient (Wildman–Crippen LogP) is 4.86. The second-order valence-electron chi connectivity index (χ2n) is 8.65. The number of thioether (sulfide) groups is 1. The van der Waals surface area contributed by atoms with Crippen molar-refractivity contribution < 1.29 is 19.1 Å². The first-order valence-electron chi connectivity index (χ1n) is 12.2. The van der Waals surface area contributed by atoms with E-state index in [0.29, 0.717) is 33.2 Å². The zero-order valence-electron chi connectivity index (χ0n) is 22.0. The minimum absolute atomic E-state index is 0.109. The second-order valence-corrected chi connectivity index (χ2v) is 10.6. The van der Waals surface area contributed by atoms with Crippen LogP contribution in [-0.4, -0.2) is 51.5 Å². The third-order valence-electron chi connectivity index (χ3n) is 5.89. The van der Waals surface area contributed by atoms with Gasteiger partial charge in [0.25, 0.3) is 5.91 Å². The average molecular weight is 575 g/mol. The number of nitrogens with zero attached hydrogens (tertiary/aromatic N) is 4. The Hall–Kier alpha value is -4.42. The van der Waals surface area contributed by atoms with Crippen LogP contribution in [0.1, 0.15) is 21.7 Å². The Balaban J connectivity index is 1.31. The molecule has 0 atom stereocenters. The van der Waals surface area contributed by atoms with Crippen molar-refractivity contribution in [2.45, 2.75) is 18.6 Å². The minimum atomic E-state index is -0.302. The summed E-state index contributed by atoms with van der Waals surface area (Å²) in [7, 11) is 3.05. The van der Waals surface area contributed by atoms with Gasteiger partial charge in [0.1, 0.15) is 0 Å². The largest absolute Gasteiger partial charge is 0.493 e. The van der Waals surface area contributed by atoms with E-state index in [1.54, 1.807) is 18.2 Å². The van der Waals surface area contributed by atoms with Crippen LogP contribution in [0.2, 0.25) is 0 Å². The number of fused-ring (bicyclic) bond motifs is 1. The number of thiazole rings is 1. The van der Waals surface area contributed by atoms with Crippen LogP contribution in [0.5, 0.6) is 11.5 Å². The molecular formula is C28H26N6O4S2. The smallest absolute Gasteiger partial charge is 0.251 e. The second kappa shape index (κ2) is 12.2. The van der Waals surface area contributed by atoms with Crippen LogP contribution in [0.3, 0.4) is 0 Å². The summed E-state index contributed by atoms with van der Waals surface area (Å²) in [6.07, 6.45) is 0. The Kier molecular flexibility index (Phi) is 8.27. The number of hydrogen-bond acceptors (Lipinski definition) is 9. The van der Waals surface area contributed by atoms with Gasteiger partial charge in [0.2, 0.25) is 5.91 Å². The summed E-state index contributed by atoms with van der Waals surface area (Å²) >= 11 is 2.68. The Morgan fingerprint density at radius 3 is 2.58 bits per heavy atom. The number of anilines is 1. The lowest BCUT2D eigenvalue weighted by molar-refractivity contribution is -0.113. The van der Waals surface area contributed by atoms with Crippen molar-refractivity contribution in [3.8, 4) is 17.2 Å². The van der Waals surface area contributed by atoms with E-state index < -0.39 is 0 Å².